The number of halogens is 2. The van der Waals surface area contributed by atoms with Crippen molar-refractivity contribution in [3.63, 3.8) is 0 Å². The van der Waals surface area contributed by atoms with Gasteiger partial charge in [0.05, 0.1) is 5.25 Å². The van der Waals surface area contributed by atoms with Crippen LogP contribution < -0.4 is 5.32 Å². The molecule has 0 spiro atoms. The lowest BCUT2D eigenvalue weighted by atomic mass is 9.95. The van der Waals surface area contributed by atoms with Crippen LogP contribution in [-0.4, -0.2) is 26.0 Å². The van der Waals surface area contributed by atoms with Crippen molar-refractivity contribution in [1.29, 1.82) is 0 Å². The maximum atomic E-state index is 13.1. The van der Waals surface area contributed by atoms with Gasteiger partial charge in [0.15, 0.2) is 11.6 Å². The third kappa shape index (κ3) is 3.65. The second kappa shape index (κ2) is 5.45. The summed E-state index contributed by atoms with van der Waals surface area (Å²) in [6, 6.07) is 3.61. The molecule has 3 nitrogen and oxygen atoms in total. The summed E-state index contributed by atoms with van der Waals surface area (Å²) in [5, 5.41) is 2.74. The van der Waals surface area contributed by atoms with Crippen LogP contribution in [0.15, 0.2) is 18.2 Å². The lowest BCUT2D eigenvalue weighted by Crippen LogP contribution is -2.34. The standard InChI is InChI=1S/C13H17F2NO2S/c1-19(17,18)11-4-2-3-9(7-11)16-10-5-6-12(14)13(15)8-10/h5-6,8-9,11,16H,2-4,7H2,1H3. The van der Waals surface area contributed by atoms with Crippen LogP contribution >= 0.6 is 0 Å². The number of rotatable bonds is 3. The summed E-state index contributed by atoms with van der Waals surface area (Å²) in [5.74, 6) is -1.79. The van der Waals surface area contributed by atoms with Crippen LogP contribution in [0.3, 0.4) is 0 Å². The molecule has 1 N–H and O–H groups in total. The molecule has 2 unspecified atom stereocenters. The first-order chi connectivity index (χ1) is 8.86. The summed E-state index contributed by atoms with van der Waals surface area (Å²) in [5.41, 5.74) is 0.484. The number of benzene rings is 1. The first-order valence-electron chi connectivity index (χ1n) is 6.26. The van der Waals surface area contributed by atoms with Gasteiger partial charge in [-0.2, -0.15) is 0 Å². The zero-order valence-electron chi connectivity index (χ0n) is 10.7. The van der Waals surface area contributed by atoms with Crippen LogP contribution in [0.5, 0.6) is 0 Å². The first kappa shape index (κ1) is 14.2. The molecule has 1 saturated carbocycles. The number of anilines is 1. The average molecular weight is 289 g/mol. The number of hydrogen-bond donors (Lipinski definition) is 1. The molecular weight excluding hydrogens is 272 g/mol. The van der Waals surface area contributed by atoms with Crippen LogP contribution in [0.2, 0.25) is 0 Å². The molecule has 0 bridgehead atoms. The molecule has 1 aliphatic rings. The Morgan fingerprint density at radius 2 is 1.95 bits per heavy atom. The Labute approximate surface area is 111 Å². The second-order valence-electron chi connectivity index (χ2n) is 5.09. The van der Waals surface area contributed by atoms with Crippen molar-refractivity contribution in [3.8, 4) is 0 Å². The lowest BCUT2D eigenvalue weighted by Gasteiger charge is -2.29. The molecule has 19 heavy (non-hydrogen) atoms. The van der Waals surface area contributed by atoms with Crippen molar-refractivity contribution in [3.05, 3.63) is 29.8 Å². The Hall–Kier alpha value is -1.17. The Bertz CT molecular complexity index is 560. The van der Waals surface area contributed by atoms with Gasteiger partial charge >= 0.3 is 0 Å². The molecule has 6 heteroatoms. The molecule has 106 valence electrons. The zero-order valence-corrected chi connectivity index (χ0v) is 11.5. The van der Waals surface area contributed by atoms with Crippen molar-refractivity contribution in [1.82, 2.24) is 0 Å². The van der Waals surface area contributed by atoms with Gasteiger partial charge in [-0.05, 0) is 31.4 Å². The number of nitrogens with one attached hydrogen (secondary N) is 1. The summed E-state index contributed by atoms with van der Waals surface area (Å²) >= 11 is 0. The highest BCUT2D eigenvalue weighted by atomic mass is 32.2. The summed E-state index contributed by atoms with van der Waals surface area (Å²) in [6.45, 7) is 0. The van der Waals surface area contributed by atoms with Gasteiger partial charge in [-0.3, -0.25) is 0 Å². The molecule has 0 heterocycles. The monoisotopic (exact) mass is 289 g/mol. The predicted octanol–water partition coefficient (Wildman–Crippen LogP) is 2.73. The molecular formula is C13H17F2NO2S. The van der Waals surface area contributed by atoms with Gasteiger partial charge in [0.25, 0.3) is 0 Å². The van der Waals surface area contributed by atoms with Crippen molar-refractivity contribution in [2.45, 2.75) is 37.0 Å². The number of sulfone groups is 1. The van der Waals surface area contributed by atoms with E-state index >= 15 is 0 Å². The van der Waals surface area contributed by atoms with E-state index in [0.29, 0.717) is 18.5 Å². The van der Waals surface area contributed by atoms with Gasteiger partial charge in [0.2, 0.25) is 0 Å². The molecule has 0 aliphatic heterocycles. The first-order valence-corrected chi connectivity index (χ1v) is 8.22. The minimum Gasteiger partial charge on any atom is -0.382 e. The molecule has 0 radical (unpaired) electrons. The molecule has 1 aromatic carbocycles. The third-order valence-electron chi connectivity index (χ3n) is 3.52. The summed E-state index contributed by atoms with van der Waals surface area (Å²) < 4.78 is 49.0. The van der Waals surface area contributed by atoms with Gasteiger partial charge < -0.3 is 5.32 Å². The minimum absolute atomic E-state index is 0.0154. The van der Waals surface area contributed by atoms with E-state index in [1.807, 2.05) is 0 Å². The molecule has 1 fully saturated rings. The lowest BCUT2D eigenvalue weighted by molar-refractivity contribution is 0.452. The van der Waals surface area contributed by atoms with Crippen LogP contribution in [-0.2, 0) is 9.84 Å². The third-order valence-corrected chi connectivity index (χ3v) is 5.16. The molecule has 2 atom stereocenters. The highest BCUT2D eigenvalue weighted by Gasteiger charge is 2.28. The Morgan fingerprint density at radius 3 is 2.58 bits per heavy atom. The maximum absolute atomic E-state index is 13.1. The van der Waals surface area contributed by atoms with Gasteiger partial charge in [-0.1, -0.05) is 6.42 Å². The van der Waals surface area contributed by atoms with Crippen molar-refractivity contribution < 1.29 is 17.2 Å². The van der Waals surface area contributed by atoms with Gasteiger partial charge in [0.1, 0.15) is 9.84 Å². The second-order valence-corrected chi connectivity index (χ2v) is 7.41. The fraction of sp³-hybridized carbons (Fsp3) is 0.538. The smallest absolute Gasteiger partial charge is 0.160 e. The fourth-order valence-corrected chi connectivity index (χ4v) is 3.66. The predicted molar refractivity (Wildman–Crippen MR) is 70.9 cm³/mol. The van der Waals surface area contributed by atoms with Gasteiger partial charge in [0, 0.05) is 24.1 Å². The number of hydrogen-bond acceptors (Lipinski definition) is 3. The largest absolute Gasteiger partial charge is 0.382 e. The quantitative estimate of drug-likeness (QED) is 0.930. The van der Waals surface area contributed by atoms with E-state index < -0.39 is 21.5 Å². The van der Waals surface area contributed by atoms with E-state index in [1.54, 1.807) is 0 Å². The van der Waals surface area contributed by atoms with E-state index in [9.17, 15) is 17.2 Å². The van der Waals surface area contributed by atoms with E-state index in [4.69, 9.17) is 0 Å². The van der Waals surface area contributed by atoms with E-state index in [-0.39, 0.29) is 11.3 Å². The van der Waals surface area contributed by atoms with E-state index in [2.05, 4.69) is 5.32 Å². The van der Waals surface area contributed by atoms with Gasteiger partial charge in [-0.25, -0.2) is 17.2 Å². The molecule has 2 rings (SSSR count). The maximum Gasteiger partial charge on any atom is 0.160 e. The zero-order chi connectivity index (χ0) is 14.0. The highest BCUT2D eigenvalue weighted by molar-refractivity contribution is 7.91. The van der Waals surface area contributed by atoms with Gasteiger partial charge in [-0.15, -0.1) is 0 Å². The van der Waals surface area contributed by atoms with Crippen molar-refractivity contribution in [2.24, 2.45) is 0 Å². The molecule has 1 aromatic rings. The minimum atomic E-state index is -3.04. The molecule has 0 amide bonds. The van der Waals surface area contributed by atoms with Crippen LogP contribution in [0.4, 0.5) is 14.5 Å². The van der Waals surface area contributed by atoms with E-state index in [1.165, 1.54) is 12.3 Å². The van der Waals surface area contributed by atoms with Crippen molar-refractivity contribution in [2.75, 3.05) is 11.6 Å². The van der Waals surface area contributed by atoms with Crippen LogP contribution in [0.25, 0.3) is 0 Å². The summed E-state index contributed by atoms with van der Waals surface area (Å²) in [4.78, 5) is 0. The van der Waals surface area contributed by atoms with Crippen LogP contribution in [0.1, 0.15) is 25.7 Å². The molecule has 0 aromatic heterocycles. The Balaban J connectivity index is 2.04. The normalized spacial score (nSPS) is 24.2. The Kier molecular flexibility index (Phi) is 4.08. The fourth-order valence-electron chi connectivity index (χ4n) is 2.49. The molecule has 0 saturated heterocycles. The SMILES string of the molecule is CS(=O)(=O)C1CCCC(Nc2ccc(F)c(F)c2)C1. The van der Waals surface area contributed by atoms with E-state index in [0.717, 1.165) is 25.0 Å². The van der Waals surface area contributed by atoms with Crippen molar-refractivity contribution >= 4 is 15.5 Å². The Morgan fingerprint density at radius 1 is 1.21 bits per heavy atom. The summed E-state index contributed by atoms with van der Waals surface area (Å²) in [7, 11) is -3.04. The summed E-state index contributed by atoms with van der Waals surface area (Å²) in [6.07, 6.45) is 4.09. The van der Waals surface area contributed by atoms with Crippen LogP contribution in [0, 0.1) is 11.6 Å². The highest BCUT2D eigenvalue weighted by Crippen LogP contribution is 2.26. The molecule has 1 aliphatic carbocycles. The average Bonchev–Trinajstić information content (AvgIpc) is 2.33. The topological polar surface area (TPSA) is 46.2 Å².